The highest BCUT2D eigenvalue weighted by Crippen LogP contribution is 2.47. The van der Waals surface area contributed by atoms with Gasteiger partial charge in [-0.05, 0) is 31.7 Å². The lowest BCUT2D eigenvalue weighted by Gasteiger charge is -2.41. The molecule has 20 heavy (non-hydrogen) atoms. The summed E-state index contributed by atoms with van der Waals surface area (Å²) in [5.41, 5.74) is 2.15. The first-order chi connectivity index (χ1) is 9.37. The predicted molar refractivity (Wildman–Crippen MR) is 99.0 cm³/mol. The standard InChI is InChI=1S/C15H21ClN2S2/c1-6-7-19-10-15-17-13-9-12(16)11(2)8-14(13)20(4,5)18(15)3/h6,8-9,15,17H,1,4-5,7,10H2,2-3H3. The summed E-state index contributed by atoms with van der Waals surface area (Å²) in [4.78, 5) is 1.17. The highest BCUT2D eigenvalue weighted by molar-refractivity contribution is 8.26. The monoisotopic (exact) mass is 328 g/mol. The van der Waals surface area contributed by atoms with Crippen LogP contribution in [0, 0.1) is 6.92 Å². The molecule has 0 spiro atoms. The second kappa shape index (κ2) is 6.06. The molecular formula is C15H21ClN2S2. The zero-order chi connectivity index (χ0) is 14.9. The quantitative estimate of drug-likeness (QED) is 0.507. The lowest BCUT2D eigenvalue weighted by Crippen LogP contribution is -2.41. The summed E-state index contributed by atoms with van der Waals surface area (Å²) < 4.78 is 2.26. The Morgan fingerprint density at radius 2 is 2.20 bits per heavy atom. The summed E-state index contributed by atoms with van der Waals surface area (Å²) in [6, 6.07) is 4.12. The van der Waals surface area contributed by atoms with Crippen molar-refractivity contribution in [3.8, 4) is 0 Å². The van der Waals surface area contributed by atoms with E-state index in [0.29, 0.717) is 0 Å². The molecular weight excluding hydrogens is 308 g/mol. The maximum Gasteiger partial charge on any atom is 0.0970 e. The van der Waals surface area contributed by atoms with Gasteiger partial charge in [-0.1, -0.05) is 29.4 Å². The molecule has 1 unspecified atom stereocenters. The van der Waals surface area contributed by atoms with E-state index in [0.717, 1.165) is 27.8 Å². The number of nitrogens with zero attached hydrogens (tertiary/aromatic N) is 1. The Kier molecular flexibility index (Phi) is 4.80. The third kappa shape index (κ3) is 2.89. The number of rotatable bonds is 4. The van der Waals surface area contributed by atoms with Crippen molar-refractivity contribution >= 4 is 50.2 Å². The molecule has 1 aliphatic heterocycles. The Hall–Kier alpha value is -0.550. The summed E-state index contributed by atoms with van der Waals surface area (Å²) in [6.07, 6.45) is 2.15. The van der Waals surface area contributed by atoms with Gasteiger partial charge in [-0.25, -0.2) is 4.31 Å². The smallest absolute Gasteiger partial charge is 0.0970 e. The normalized spacial score (nSPS) is 21.1. The predicted octanol–water partition coefficient (Wildman–Crippen LogP) is 4.19. The van der Waals surface area contributed by atoms with E-state index in [-0.39, 0.29) is 6.17 Å². The van der Waals surface area contributed by atoms with Gasteiger partial charge in [0.25, 0.3) is 0 Å². The molecule has 1 N–H and O–H groups in total. The zero-order valence-electron chi connectivity index (χ0n) is 12.0. The van der Waals surface area contributed by atoms with Crippen molar-refractivity contribution < 1.29 is 0 Å². The van der Waals surface area contributed by atoms with Gasteiger partial charge in [-0.15, -0.1) is 16.0 Å². The fraction of sp³-hybridized carbons (Fsp3) is 0.333. The first-order valence-electron chi connectivity index (χ1n) is 6.35. The van der Waals surface area contributed by atoms with Gasteiger partial charge in [0.05, 0.1) is 11.9 Å². The molecule has 0 bridgehead atoms. The van der Waals surface area contributed by atoms with E-state index in [2.05, 4.69) is 41.1 Å². The first kappa shape index (κ1) is 15.8. The Labute approximate surface area is 131 Å². The van der Waals surface area contributed by atoms with Gasteiger partial charge in [0.2, 0.25) is 0 Å². The second-order valence-electron chi connectivity index (χ2n) is 4.97. The Bertz CT molecular complexity index is 623. The molecule has 110 valence electrons. The van der Waals surface area contributed by atoms with E-state index in [1.54, 1.807) is 0 Å². The molecule has 1 aliphatic rings. The molecule has 0 aliphatic carbocycles. The van der Waals surface area contributed by atoms with Crippen LogP contribution in [-0.4, -0.2) is 40.8 Å². The molecule has 0 aromatic heterocycles. The van der Waals surface area contributed by atoms with Crippen molar-refractivity contribution in [2.75, 3.05) is 23.9 Å². The number of hydrogen-bond acceptors (Lipinski definition) is 3. The zero-order valence-corrected chi connectivity index (χ0v) is 14.4. The van der Waals surface area contributed by atoms with Crippen LogP contribution in [0.4, 0.5) is 5.69 Å². The van der Waals surface area contributed by atoms with Crippen molar-refractivity contribution in [3.05, 3.63) is 35.4 Å². The molecule has 2 nitrogen and oxygen atoms in total. The van der Waals surface area contributed by atoms with E-state index < -0.39 is 9.39 Å². The molecule has 0 saturated heterocycles. The van der Waals surface area contributed by atoms with Gasteiger partial charge in [-0.3, -0.25) is 0 Å². The van der Waals surface area contributed by atoms with Crippen molar-refractivity contribution in [3.63, 3.8) is 0 Å². The fourth-order valence-electron chi connectivity index (χ4n) is 2.16. The highest BCUT2D eigenvalue weighted by Gasteiger charge is 2.27. The highest BCUT2D eigenvalue weighted by atomic mass is 35.5. The average Bonchev–Trinajstić information content (AvgIpc) is 2.39. The minimum absolute atomic E-state index is 0.219. The molecule has 0 saturated carbocycles. The molecule has 1 atom stereocenters. The number of halogens is 1. The topological polar surface area (TPSA) is 15.3 Å². The van der Waals surface area contributed by atoms with Crippen molar-refractivity contribution in [2.45, 2.75) is 18.0 Å². The number of aryl methyl sites for hydroxylation is 1. The number of thioether (sulfide) groups is 1. The maximum absolute atomic E-state index is 6.25. The van der Waals surface area contributed by atoms with Crippen molar-refractivity contribution in [1.82, 2.24) is 4.31 Å². The van der Waals surface area contributed by atoms with E-state index >= 15 is 0 Å². The molecule has 0 radical (unpaired) electrons. The largest absolute Gasteiger partial charge is 0.367 e. The summed E-state index contributed by atoms with van der Waals surface area (Å²) in [5.74, 6) is 10.7. The van der Waals surface area contributed by atoms with E-state index in [4.69, 9.17) is 11.6 Å². The van der Waals surface area contributed by atoms with Gasteiger partial charge in [0.1, 0.15) is 0 Å². The van der Waals surface area contributed by atoms with Crippen LogP contribution in [0.2, 0.25) is 5.02 Å². The molecule has 0 fully saturated rings. The number of hydrogen-bond donors (Lipinski definition) is 1. The van der Waals surface area contributed by atoms with Crippen LogP contribution in [0.25, 0.3) is 0 Å². The molecule has 5 heteroatoms. The first-order valence-corrected chi connectivity index (χ1v) is 9.81. The second-order valence-corrected chi connectivity index (χ2v) is 9.15. The van der Waals surface area contributed by atoms with Gasteiger partial charge in [0, 0.05) is 21.4 Å². The summed E-state index contributed by atoms with van der Waals surface area (Å²) in [7, 11) is 0.618. The lowest BCUT2D eigenvalue weighted by molar-refractivity contribution is 0.475. The van der Waals surface area contributed by atoms with Gasteiger partial charge < -0.3 is 5.32 Å². The molecule has 0 amide bonds. The van der Waals surface area contributed by atoms with E-state index in [1.165, 1.54) is 4.90 Å². The van der Waals surface area contributed by atoms with E-state index in [9.17, 15) is 0 Å². The minimum Gasteiger partial charge on any atom is -0.367 e. The molecule has 1 aromatic carbocycles. The van der Waals surface area contributed by atoms with Crippen LogP contribution in [0.1, 0.15) is 5.56 Å². The summed E-state index contributed by atoms with van der Waals surface area (Å²) in [6.45, 7) is 5.77. The van der Waals surface area contributed by atoms with Gasteiger partial charge in [0.15, 0.2) is 0 Å². The van der Waals surface area contributed by atoms with Crippen LogP contribution in [0.15, 0.2) is 29.7 Å². The molecule has 2 rings (SSSR count). The SMILES string of the molecule is C=CCSCC1Nc2cc(Cl)c(C)cc2S(=C)(=C)N1C. The van der Waals surface area contributed by atoms with Crippen LogP contribution in [0.3, 0.4) is 0 Å². The number of benzene rings is 1. The van der Waals surface area contributed by atoms with Crippen molar-refractivity contribution in [1.29, 1.82) is 0 Å². The number of nitrogens with one attached hydrogen (secondary N) is 1. The Balaban J connectivity index is 2.38. The van der Waals surface area contributed by atoms with Crippen molar-refractivity contribution in [2.24, 2.45) is 0 Å². The Morgan fingerprint density at radius 3 is 2.85 bits per heavy atom. The molecule has 1 aromatic rings. The molecule has 1 heterocycles. The number of fused-ring (bicyclic) bond motifs is 1. The van der Waals surface area contributed by atoms with Gasteiger partial charge >= 0.3 is 0 Å². The lowest BCUT2D eigenvalue weighted by atomic mass is 10.2. The third-order valence-corrected chi connectivity index (χ3v) is 7.44. The average molecular weight is 329 g/mol. The Morgan fingerprint density at radius 1 is 1.50 bits per heavy atom. The third-order valence-electron chi connectivity index (χ3n) is 3.49. The van der Waals surface area contributed by atoms with Crippen LogP contribution < -0.4 is 5.32 Å². The number of anilines is 1. The van der Waals surface area contributed by atoms with Gasteiger partial charge in [-0.2, -0.15) is 11.8 Å². The maximum atomic E-state index is 6.25. The van der Waals surface area contributed by atoms with Crippen LogP contribution in [0.5, 0.6) is 0 Å². The van der Waals surface area contributed by atoms with Crippen LogP contribution in [-0.2, 0) is 0 Å². The fourth-order valence-corrected chi connectivity index (χ4v) is 5.10. The van der Waals surface area contributed by atoms with Crippen LogP contribution >= 0.6 is 32.8 Å². The minimum atomic E-state index is -1.47. The summed E-state index contributed by atoms with van der Waals surface area (Å²) in [5, 5.41) is 4.34. The summed E-state index contributed by atoms with van der Waals surface area (Å²) >= 11 is 8.09. The van der Waals surface area contributed by atoms with E-state index in [1.807, 2.05) is 30.8 Å².